The zero-order valence-corrected chi connectivity index (χ0v) is 12.7. The maximum Gasteiger partial charge on any atom is 0.0587 e. The quantitative estimate of drug-likeness (QED) is 0.701. The molecular weight excluding hydrogens is 248 g/mol. The number of hydrogen-bond donors (Lipinski definition) is 1. The lowest BCUT2D eigenvalue weighted by Crippen LogP contribution is -2.39. The molecule has 3 heteroatoms. The van der Waals surface area contributed by atoms with Crippen molar-refractivity contribution in [2.45, 2.75) is 31.7 Å². The summed E-state index contributed by atoms with van der Waals surface area (Å²) in [7, 11) is 1.76. The number of nitrogens with zero attached hydrogens (tertiary/aromatic N) is 1. The van der Waals surface area contributed by atoms with E-state index in [0.717, 1.165) is 25.7 Å². The fourth-order valence-electron chi connectivity index (χ4n) is 2.99. The molecule has 1 fully saturated rings. The molecule has 0 bridgehead atoms. The number of methoxy groups -OCH3 is 1. The Labute approximate surface area is 123 Å². The molecule has 1 aromatic rings. The monoisotopic (exact) mass is 276 g/mol. The Balaban J connectivity index is 1.63. The van der Waals surface area contributed by atoms with Crippen molar-refractivity contribution in [1.29, 1.82) is 0 Å². The van der Waals surface area contributed by atoms with Crippen molar-refractivity contribution in [1.82, 2.24) is 10.2 Å². The largest absolute Gasteiger partial charge is 0.383 e. The summed E-state index contributed by atoms with van der Waals surface area (Å²) in [5, 5.41) is 3.50. The second kappa shape index (κ2) is 9.11. The van der Waals surface area contributed by atoms with E-state index in [1.54, 1.807) is 7.11 Å². The molecule has 0 aromatic heterocycles. The lowest BCUT2D eigenvalue weighted by atomic mass is 10.1. The van der Waals surface area contributed by atoms with Gasteiger partial charge in [-0.3, -0.25) is 4.90 Å². The van der Waals surface area contributed by atoms with E-state index >= 15 is 0 Å². The van der Waals surface area contributed by atoms with Gasteiger partial charge in [-0.25, -0.2) is 0 Å². The first-order chi connectivity index (χ1) is 9.90. The van der Waals surface area contributed by atoms with Crippen LogP contribution in [0.1, 0.15) is 24.8 Å². The molecule has 112 valence electrons. The number of aryl methyl sites for hydroxylation is 1. The van der Waals surface area contributed by atoms with Gasteiger partial charge in [0.05, 0.1) is 6.61 Å². The first-order valence-corrected chi connectivity index (χ1v) is 7.88. The van der Waals surface area contributed by atoms with E-state index in [2.05, 4.69) is 40.5 Å². The highest BCUT2D eigenvalue weighted by molar-refractivity contribution is 5.14. The summed E-state index contributed by atoms with van der Waals surface area (Å²) in [6.45, 7) is 5.37. The Morgan fingerprint density at radius 1 is 1.30 bits per heavy atom. The summed E-state index contributed by atoms with van der Waals surface area (Å²) in [5.41, 5.74) is 1.46. The molecule has 0 spiro atoms. The lowest BCUT2D eigenvalue weighted by molar-refractivity contribution is 0.192. The lowest BCUT2D eigenvalue weighted by Gasteiger charge is -2.24. The number of benzene rings is 1. The zero-order valence-electron chi connectivity index (χ0n) is 12.7. The third kappa shape index (κ3) is 5.23. The van der Waals surface area contributed by atoms with Crippen LogP contribution in [0.3, 0.4) is 0 Å². The average molecular weight is 276 g/mol. The van der Waals surface area contributed by atoms with Gasteiger partial charge in [-0.15, -0.1) is 0 Å². The average Bonchev–Trinajstić information content (AvgIpc) is 2.92. The topological polar surface area (TPSA) is 24.5 Å². The zero-order chi connectivity index (χ0) is 14.0. The van der Waals surface area contributed by atoms with Gasteiger partial charge >= 0.3 is 0 Å². The Kier molecular flexibility index (Phi) is 7.06. The van der Waals surface area contributed by atoms with E-state index < -0.39 is 0 Å². The SMILES string of the molecule is COCCNCC1CCCN1CCCc1ccccc1. The van der Waals surface area contributed by atoms with Gasteiger partial charge in [0, 0.05) is 26.2 Å². The molecule has 0 aliphatic carbocycles. The minimum absolute atomic E-state index is 0.725. The van der Waals surface area contributed by atoms with Crippen LogP contribution in [-0.2, 0) is 11.2 Å². The molecule has 1 heterocycles. The molecule has 1 aromatic carbocycles. The first-order valence-electron chi connectivity index (χ1n) is 7.88. The first kappa shape index (κ1) is 15.5. The molecule has 1 N–H and O–H groups in total. The minimum atomic E-state index is 0.725. The number of likely N-dealkylation sites (tertiary alicyclic amines) is 1. The van der Waals surface area contributed by atoms with Gasteiger partial charge in [0.25, 0.3) is 0 Å². The second-order valence-electron chi connectivity index (χ2n) is 5.62. The van der Waals surface area contributed by atoms with Crippen LogP contribution in [0.25, 0.3) is 0 Å². The summed E-state index contributed by atoms with van der Waals surface area (Å²) < 4.78 is 5.07. The Morgan fingerprint density at radius 2 is 2.15 bits per heavy atom. The van der Waals surface area contributed by atoms with E-state index in [4.69, 9.17) is 4.74 Å². The van der Waals surface area contributed by atoms with Crippen LogP contribution in [0.2, 0.25) is 0 Å². The van der Waals surface area contributed by atoms with Gasteiger partial charge in [0.2, 0.25) is 0 Å². The predicted octanol–water partition coefficient (Wildman–Crippen LogP) is 2.32. The van der Waals surface area contributed by atoms with Crippen LogP contribution in [-0.4, -0.2) is 50.8 Å². The molecule has 1 atom stereocenters. The fourth-order valence-corrected chi connectivity index (χ4v) is 2.99. The summed E-state index contributed by atoms with van der Waals surface area (Å²) in [6.07, 6.45) is 5.15. The van der Waals surface area contributed by atoms with Crippen LogP contribution in [0.15, 0.2) is 30.3 Å². The van der Waals surface area contributed by atoms with E-state index in [-0.39, 0.29) is 0 Å². The van der Waals surface area contributed by atoms with Crippen LogP contribution in [0, 0.1) is 0 Å². The molecule has 1 aliphatic heterocycles. The number of rotatable bonds is 9. The van der Waals surface area contributed by atoms with Gasteiger partial charge in [-0.05, 0) is 44.3 Å². The van der Waals surface area contributed by atoms with Crippen molar-refractivity contribution in [3.05, 3.63) is 35.9 Å². The fraction of sp³-hybridized carbons (Fsp3) is 0.647. The highest BCUT2D eigenvalue weighted by Gasteiger charge is 2.23. The third-order valence-electron chi connectivity index (χ3n) is 4.12. The summed E-state index contributed by atoms with van der Waals surface area (Å²) in [5.74, 6) is 0. The van der Waals surface area contributed by atoms with Gasteiger partial charge in [0.1, 0.15) is 0 Å². The van der Waals surface area contributed by atoms with Crippen molar-refractivity contribution in [2.75, 3.05) is 39.9 Å². The number of ether oxygens (including phenoxy) is 1. The molecule has 0 radical (unpaired) electrons. The molecule has 1 unspecified atom stereocenters. The van der Waals surface area contributed by atoms with Crippen LogP contribution in [0.4, 0.5) is 0 Å². The smallest absolute Gasteiger partial charge is 0.0587 e. The number of hydrogen-bond acceptors (Lipinski definition) is 3. The molecule has 2 rings (SSSR count). The Hall–Kier alpha value is -0.900. The van der Waals surface area contributed by atoms with Crippen molar-refractivity contribution < 1.29 is 4.74 Å². The Morgan fingerprint density at radius 3 is 2.95 bits per heavy atom. The summed E-state index contributed by atoms with van der Waals surface area (Å²) in [4.78, 5) is 2.66. The molecule has 1 saturated heterocycles. The van der Waals surface area contributed by atoms with Crippen LogP contribution >= 0.6 is 0 Å². The Bertz CT molecular complexity index is 355. The molecule has 0 saturated carbocycles. The van der Waals surface area contributed by atoms with E-state index in [0.29, 0.717) is 0 Å². The molecule has 0 amide bonds. The molecular formula is C17H28N2O. The minimum Gasteiger partial charge on any atom is -0.383 e. The summed E-state index contributed by atoms with van der Waals surface area (Å²) >= 11 is 0. The summed E-state index contributed by atoms with van der Waals surface area (Å²) in [6, 6.07) is 11.5. The van der Waals surface area contributed by atoms with Crippen molar-refractivity contribution in [2.24, 2.45) is 0 Å². The highest BCUT2D eigenvalue weighted by Crippen LogP contribution is 2.17. The van der Waals surface area contributed by atoms with E-state index in [1.807, 2.05) is 0 Å². The van der Waals surface area contributed by atoms with Gasteiger partial charge < -0.3 is 10.1 Å². The number of nitrogens with one attached hydrogen (secondary N) is 1. The van der Waals surface area contributed by atoms with E-state index in [1.165, 1.54) is 44.3 Å². The van der Waals surface area contributed by atoms with Crippen LogP contribution < -0.4 is 5.32 Å². The maximum atomic E-state index is 5.07. The third-order valence-corrected chi connectivity index (χ3v) is 4.12. The second-order valence-corrected chi connectivity index (χ2v) is 5.62. The van der Waals surface area contributed by atoms with Gasteiger partial charge in [-0.2, -0.15) is 0 Å². The molecule has 3 nitrogen and oxygen atoms in total. The standard InChI is InChI=1S/C17H28N2O/c1-20-14-11-18-15-17-10-6-13-19(17)12-5-9-16-7-3-2-4-8-16/h2-4,7-8,17-18H,5-6,9-15H2,1H3. The molecule has 20 heavy (non-hydrogen) atoms. The van der Waals surface area contributed by atoms with E-state index in [9.17, 15) is 0 Å². The van der Waals surface area contributed by atoms with Gasteiger partial charge in [0.15, 0.2) is 0 Å². The van der Waals surface area contributed by atoms with Gasteiger partial charge in [-0.1, -0.05) is 30.3 Å². The van der Waals surface area contributed by atoms with Crippen LogP contribution in [0.5, 0.6) is 0 Å². The van der Waals surface area contributed by atoms with Crippen molar-refractivity contribution in [3.63, 3.8) is 0 Å². The highest BCUT2D eigenvalue weighted by atomic mass is 16.5. The van der Waals surface area contributed by atoms with Crippen molar-refractivity contribution in [3.8, 4) is 0 Å². The maximum absolute atomic E-state index is 5.07. The molecule has 1 aliphatic rings. The normalized spacial score (nSPS) is 19.6. The predicted molar refractivity (Wildman–Crippen MR) is 84.1 cm³/mol. The van der Waals surface area contributed by atoms with Crippen molar-refractivity contribution >= 4 is 0 Å².